The molecule has 4 aromatic carbocycles. The second-order valence-corrected chi connectivity index (χ2v) is 8.41. The fourth-order valence-corrected chi connectivity index (χ4v) is 3.57. The number of anilines is 1. The normalized spacial score (nSPS) is 9.90. The summed E-state index contributed by atoms with van der Waals surface area (Å²) in [5.41, 5.74) is 7.02. The number of nitrogens with zero attached hydrogens (tertiary/aromatic N) is 1. The van der Waals surface area contributed by atoms with Gasteiger partial charge in [0.25, 0.3) is 17.5 Å². The zero-order valence-corrected chi connectivity index (χ0v) is 23.4. The molecule has 0 fully saturated rings. The Morgan fingerprint density at radius 1 is 0.667 bits per heavy atom. The first-order valence-corrected chi connectivity index (χ1v) is 12.4. The molecule has 0 saturated carbocycles. The minimum Gasteiger partial charge on any atom is -0.496 e. The van der Waals surface area contributed by atoms with Crippen molar-refractivity contribution in [3.63, 3.8) is 0 Å². The maximum absolute atomic E-state index is 11.8. The topological polar surface area (TPSA) is 164 Å². The number of nitrogens with one attached hydrogen (secondary N) is 2. The maximum atomic E-state index is 11.8. The molecule has 0 aliphatic rings. The van der Waals surface area contributed by atoms with Gasteiger partial charge < -0.3 is 35.3 Å². The molecule has 0 saturated heterocycles. The molecular weight excluding hydrogens is 544 g/mol. The zero-order valence-electron chi connectivity index (χ0n) is 23.4. The van der Waals surface area contributed by atoms with E-state index >= 15 is 0 Å². The molecule has 12 heteroatoms. The van der Waals surface area contributed by atoms with Gasteiger partial charge in [-0.3, -0.25) is 19.7 Å². The number of benzene rings is 4. The van der Waals surface area contributed by atoms with Gasteiger partial charge in [0.1, 0.15) is 34.5 Å². The molecule has 0 aliphatic carbocycles. The van der Waals surface area contributed by atoms with E-state index in [4.69, 9.17) is 24.7 Å². The minimum atomic E-state index is -0.485. The number of hydrogen-bond donors (Lipinski definition) is 3. The Labute approximate surface area is 242 Å². The number of amides is 2. The molecule has 0 heterocycles. The lowest BCUT2D eigenvalue weighted by atomic mass is 10.1. The third kappa shape index (κ3) is 8.11. The SMILES string of the molecule is CNC(=O)c1cc(Oc2ccc(N)cc2)ccc1OC.CNC(=O)c1cc(Oc2ccc([N+](=O)[O-])cc2)ccc1OC. The van der Waals surface area contributed by atoms with Crippen LogP contribution in [0, 0.1) is 10.1 Å². The molecule has 0 spiro atoms. The second-order valence-electron chi connectivity index (χ2n) is 8.41. The Bertz CT molecular complexity index is 1540. The number of ether oxygens (including phenoxy) is 4. The summed E-state index contributed by atoms with van der Waals surface area (Å²) < 4.78 is 21.5. The fourth-order valence-electron chi connectivity index (χ4n) is 3.57. The molecule has 12 nitrogen and oxygen atoms in total. The monoisotopic (exact) mass is 574 g/mol. The molecule has 218 valence electrons. The van der Waals surface area contributed by atoms with Gasteiger partial charge in [-0.15, -0.1) is 0 Å². The fraction of sp³-hybridized carbons (Fsp3) is 0.133. The molecule has 0 aromatic heterocycles. The van der Waals surface area contributed by atoms with Gasteiger partial charge >= 0.3 is 0 Å². The smallest absolute Gasteiger partial charge is 0.269 e. The van der Waals surface area contributed by atoms with Gasteiger partial charge in [0, 0.05) is 31.9 Å². The van der Waals surface area contributed by atoms with Crippen LogP contribution in [0.4, 0.5) is 11.4 Å². The summed E-state index contributed by atoms with van der Waals surface area (Å²) in [6.45, 7) is 0. The van der Waals surface area contributed by atoms with E-state index in [0.717, 1.165) is 0 Å². The van der Waals surface area contributed by atoms with Gasteiger partial charge in [-0.1, -0.05) is 0 Å². The molecule has 0 aliphatic heterocycles. The molecule has 4 aromatic rings. The summed E-state index contributed by atoms with van der Waals surface area (Å²) in [5, 5.41) is 15.7. The number of hydrogen-bond acceptors (Lipinski definition) is 9. The van der Waals surface area contributed by atoms with E-state index in [9.17, 15) is 19.7 Å². The Morgan fingerprint density at radius 3 is 1.40 bits per heavy atom. The number of carbonyl (C=O) groups is 2. The van der Waals surface area contributed by atoms with Gasteiger partial charge in [-0.05, 0) is 72.8 Å². The standard InChI is InChI=1S/C15H14N2O5.C15H16N2O3/c1-16-15(18)13-9-12(7-8-14(13)21-2)22-11-5-3-10(4-6-11)17(19)20;1-17-15(18)13-9-12(7-8-14(13)19-2)20-11-5-3-10(16)4-6-11/h3-9H,1-2H3,(H,16,18);3-9H,16H2,1-2H3,(H,17,18). The first kappa shape index (κ1) is 30.8. The summed E-state index contributed by atoms with van der Waals surface area (Å²) >= 11 is 0. The molecule has 0 radical (unpaired) electrons. The molecule has 4 N–H and O–H groups in total. The average Bonchev–Trinajstić information content (AvgIpc) is 3.01. The van der Waals surface area contributed by atoms with Crippen molar-refractivity contribution < 1.29 is 33.5 Å². The Balaban J connectivity index is 0.000000231. The van der Waals surface area contributed by atoms with Gasteiger partial charge in [-0.2, -0.15) is 0 Å². The lowest BCUT2D eigenvalue weighted by Gasteiger charge is -2.11. The first-order chi connectivity index (χ1) is 20.2. The van der Waals surface area contributed by atoms with E-state index in [-0.39, 0.29) is 17.5 Å². The third-order valence-electron chi connectivity index (χ3n) is 5.68. The van der Waals surface area contributed by atoms with Crippen molar-refractivity contribution >= 4 is 23.2 Å². The van der Waals surface area contributed by atoms with Gasteiger partial charge in [0.15, 0.2) is 0 Å². The average molecular weight is 575 g/mol. The number of nitrogen functional groups attached to an aromatic ring is 1. The van der Waals surface area contributed by atoms with Crippen LogP contribution in [0.1, 0.15) is 20.7 Å². The van der Waals surface area contributed by atoms with Crippen molar-refractivity contribution in [2.75, 3.05) is 34.0 Å². The predicted octanol–water partition coefficient (Wildman–Crippen LogP) is 5.18. The molecule has 0 atom stereocenters. The van der Waals surface area contributed by atoms with E-state index in [1.54, 1.807) is 67.7 Å². The second kappa shape index (κ2) is 14.6. The Morgan fingerprint density at radius 2 is 1.05 bits per heavy atom. The summed E-state index contributed by atoms with van der Waals surface area (Å²) in [4.78, 5) is 33.7. The molecule has 0 bridgehead atoms. The molecular formula is C30H30N4O8. The molecule has 2 amide bonds. The number of nitro benzene ring substituents is 1. The number of nitro groups is 1. The van der Waals surface area contributed by atoms with Crippen molar-refractivity contribution in [2.24, 2.45) is 0 Å². The number of nitrogens with two attached hydrogens (primary N) is 1. The van der Waals surface area contributed by atoms with E-state index in [1.165, 1.54) is 45.5 Å². The zero-order chi connectivity index (χ0) is 30.6. The summed E-state index contributed by atoms with van der Waals surface area (Å²) in [6, 6.07) is 22.6. The van der Waals surface area contributed by atoms with E-state index in [0.29, 0.717) is 51.3 Å². The van der Waals surface area contributed by atoms with Crippen LogP contribution >= 0.6 is 0 Å². The summed E-state index contributed by atoms with van der Waals surface area (Å²) in [5.74, 6) is 2.44. The van der Waals surface area contributed by atoms with Gasteiger partial charge in [0.05, 0.1) is 30.3 Å². The summed E-state index contributed by atoms with van der Waals surface area (Å²) in [6.07, 6.45) is 0. The van der Waals surface area contributed by atoms with E-state index < -0.39 is 4.92 Å². The number of non-ortho nitro benzene ring substituents is 1. The van der Waals surface area contributed by atoms with Crippen LogP contribution in [-0.4, -0.2) is 45.1 Å². The third-order valence-corrected chi connectivity index (χ3v) is 5.68. The van der Waals surface area contributed by atoms with Crippen LogP contribution in [0.5, 0.6) is 34.5 Å². The number of methoxy groups -OCH3 is 2. The number of carbonyl (C=O) groups excluding carboxylic acids is 2. The lowest BCUT2D eigenvalue weighted by molar-refractivity contribution is -0.384. The van der Waals surface area contributed by atoms with E-state index in [2.05, 4.69) is 10.6 Å². The van der Waals surface area contributed by atoms with Crippen molar-refractivity contribution in [1.29, 1.82) is 0 Å². The van der Waals surface area contributed by atoms with Crippen molar-refractivity contribution in [3.8, 4) is 34.5 Å². The quantitative estimate of drug-likeness (QED) is 0.139. The van der Waals surface area contributed by atoms with Crippen LogP contribution < -0.4 is 35.3 Å². The highest BCUT2D eigenvalue weighted by molar-refractivity contribution is 5.97. The Kier molecular flexibility index (Phi) is 10.7. The predicted molar refractivity (Wildman–Crippen MR) is 157 cm³/mol. The molecule has 4 rings (SSSR count). The Hall–Kier alpha value is -5.78. The van der Waals surface area contributed by atoms with E-state index in [1.807, 2.05) is 0 Å². The van der Waals surface area contributed by atoms with Crippen molar-refractivity contribution in [3.05, 3.63) is 106 Å². The molecule has 42 heavy (non-hydrogen) atoms. The van der Waals surface area contributed by atoms with Crippen LogP contribution in [0.25, 0.3) is 0 Å². The van der Waals surface area contributed by atoms with Crippen molar-refractivity contribution in [1.82, 2.24) is 10.6 Å². The summed E-state index contributed by atoms with van der Waals surface area (Å²) in [7, 11) is 6.07. The molecule has 0 unspecified atom stereocenters. The largest absolute Gasteiger partial charge is 0.496 e. The minimum absolute atomic E-state index is 0.0202. The van der Waals surface area contributed by atoms with Gasteiger partial charge in [0.2, 0.25) is 0 Å². The highest BCUT2D eigenvalue weighted by Gasteiger charge is 2.14. The highest BCUT2D eigenvalue weighted by Crippen LogP contribution is 2.29. The van der Waals surface area contributed by atoms with Crippen LogP contribution in [0.2, 0.25) is 0 Å². The van der Waals surface area contributed by atoms with Crippen LogP contribution in [-0.2, 0) is 0 Å². The maximum Gasteiger partial charge on any atom is 0.269 e. The van der Waals surface area contributed by atoms with Crippen LogP contribution in [0.15, 0.2) is 84.9 Å². The van der Waals surface area contributed by atoms with Crippen LogP contribution in [0.3, 0.4) is 0 Å². The van der Waals surface area contributed by atoms with Crippen molar-refractivity contribution in [2.45, 2.75) is 0 Å². The lowest BCUT2D eigenvalue weighted by Crippen LogP contribution is -2.18. The highest BCUT2D eigenvalue weighted by atomic mass is 16.6. The number of rotatable bonds is 9. The first-order valence-electron chi connectivity index (χ1n) is 12.4. The van der Waals surface area contributed by atoms with Gasteiger partial charge in [-0.25, -0.2) is 0 Å².